The lowest BCUT2D eigenvalue weighted by Crippen LogP contribution is -2.40. The monoisotopic (exact) mass is 405 g/mol. The van der Waals surface area contributed by atoms with Gasteiger partial charge in [0.2, 0.25) is 0 Å². The average molecular weight is 406 g/mol. The third-order valence-electron chi connectivity index (χ3n) is 6.03. The number of hydrogen-bond acceptors (Lipinski definition) is 3. The Hall–Kier alpha value is -1.33. The molecule has 4 nitrogen and oxygen atoms in total. The lowest BCUT2D eigenvalue weighted by Gasteiger charge is -2.36. The van der Waals surface area contributed by atoms with Crippen LogP contribution in [-0.2, 0) is 15.8 Å². The van der Waals surface area contributed by atoms with Crippen LogP contribution in [0, 0.1) is 0 Å². The van der Waals surface area contributed by atoms with Crippen molar-refractivity contribution in [3.8, 4) is 0 Å². The zero-order valence-corrected chi connectivity index (χ0v) is 20.3. The summed E-state index contributed by atoms with van der Waals surface area (Å²) in [5.74, 6) is 0.343. The number of ether oxygens (including phenoxy) is 1. The van der Waals surface area contributed by atoms with Gasteiger partial charge in [0.15, 0.2) is 8.32 Å². The van der Waals surface area contributed by atoms with Gasteiger partial charge in [-0.3, -0.25) is 0 Å². The molecule has 0 N–H and O–H groups in total. The maximum absolute atomic E-state index is 12.5. The molecule has 0 saturated carbocycles. The lowest BCUT2D eigenvalue weighted by atomic mass is 9.95. The molecule has 5 heteroatoms. The molecule has 2 rings (SSSR count). The largest absolute Gasteiger partial charge is 0.444 e. The van der Waals surface area contributed by atoms with Crippen molar-refractivity contribution in [2.24, 2.45) is 0 Å². The van der Waals surface area contributed by atoms with Gasteiger partial charge in [0.1, 0.15) is 5.60 Å². The SMILES string of the molecule is CC1C[C@@H](c2cccc(CO[Si](C)(C)C(C)(C)C)c2)CN1C(=O)OC(C)(C)C. The topological polar surface area (TPSA) is 38.8 Å². The molecule has 0 aromatic heterocycles. The number of carbonyl (C=O) groups is 1. The summed E-state index contributed by atoms with van der Waals surface area (Å²) in [5, 5.41) is 0.208. The Morgan fingerprint density at radius 1 is 1.18 bits per heavy atom. The Kier molecular flexibility index (Phi) is 6.71. The minimum Gasteiger partial charge on any atom is -0.444 e. The molecule has 1 aromatic carbocycles. The molecule has 1 fully saturated rings. The van der Waals surface area contributed by atoms with Crippen molar-refractivity contribution in [3.63, 3.8) is 0 Å². The van der Waals surface area contributed by atoms with Crippen molar-refractivity contribution in [2.45, 2.75) is 97.2 Å². The Balaban J connectivity index is 2.05. The Morgan fingerprint density at radius 3 is 2.39 bits per heavy atom. The first-order valence-electron chi connectivity index (χ1n) is 10.4. The summed E-state index contributed by atoms with van der Waals surface area (Å²) < 4.78 is 12.0. The molecule has 1 saturated heterocycles. The van der Waals surface area contributed by atoms with Gasteiger partial charge < -0.3 is 14.1 Å². The Labute approximate surface area is 172 Å². The number of likely N-dealkylation sites (tertiary alicyclic amines) is 1. The van der Waals surface area contributed by atoms with E-state index < -0.39 is 13.9 Å². The average Bonchev–Trinajstić information content (AvgIpc) is 2.93. The van der Waals surface area contributed by atoms with Gasteiger partial charge in [-0.25, -0.2) is 4.79 Å². The molecule has 0 radical (unpaired) electrons. The van der Waals surface area contributed by atoms with Crippen LogP contribution in [0.15, 0.2) is 24.3 Å². The van der Waals surface area contributed by atoms with Gasteiger partial charge in [0.05, 0.1) is 6.61 Å². The van der Waals surface area contributed by atoms with E-state index in [1.807, 2.05) is 25.7 Å². The second-order valence-electron chi connectivity index (χ2n) is 10.7. The third-order valence-corrected chi connectivity index (χ3v) is 10.5. The van der Waals surface area contributed by atoms with Crippen LogP contribution in [0.1, 0.15) is 71.9 Å². The smallest absolute Gasteiger partial charge is 0.410 e. The molecule has 2 atom stereocenters. The van der Waals surface area contributed by atoms with Gasteiger partial charge in [0, 0.05) is 18.5 Å². The van der Waals surface area contributed by atoms with E-state index in [0.29, 0.717) is 19.1 Å². The summed E-state index contributed by atoms with van der Waals surface area (Å²) in [4.78, 5) is 14.4. The molecule has 28 heavy (non-hydrogen) atoms. The maximum atomic E-state index is 12.5. The van der Waals surface area contributed by atoms with E-state index in [4.69, 9.17) is 9.16 Å². The molecule has 0 spiro atoms. The van der Waals surface area contributed by atoms with Crippen molar-refractivity contribution < 1.29 is 14.0 Å². The van der Waals surface area contributed by atoms with Crippen LogP contribution < -0.4 is 0 Å². The van der Waals surface area contributed by atoms with Gasteiger partial charge in [-0.2, -0.15) is 0 Å². The molecule has 0 aliphatic carbocycles. The van der Waals surface area contributed by atoms with Crippen molar-refractivity contribution >= 4 is 14.4 Å². The van der Waals surface area contributed by atoms with Gasteiger partial charge in [-0.15, -0.1) is 0 Å². The van der Waals surface area contributed by atoms with Crippen molar-refractivity contribution in [1.82, 2.24) is 4.90 Å². The molecular formula is C23H39NO3Si. The molecule has 1 aromatic rings. The van der Waals surface area contributed by atoms with E-state index in [2.05, 4.69) is 65.1 Å². The summed E-state index contributed by atoms with van der Waals surface area (Å²) in [6.45, 7) is 20.6. The van der Waals surface area contributed by atoms with E-state index in [1.54, 1.807) is 0 Å². The van der Waals surface area contributed by atoms with Crippen molar-refractivity contribution in [2.75, 3.05) is 6.54 Å². The first-order chi connectivity index (χ1) is 12.7. The number of benzene rings is 1. The molecule has 1 aliphatic heterocycles. The van der Waals surface area contributed by atoms with Crippen LogP contribution >= 0.6 is 0 Å². The molecular weight excluding hydrogens is 366 g/mol. The summed E-state index contributed by atoms with van der Waals surface area (Å²) in [5.41, 5.74) is 2.04. The number of rotatable bonds is 4. The highest BCUT2D eigenvalue weighted by molar-refractivity contribution is 6.74. The van der Waals surface area contributed by atoms with E-state index >= 15 is 0 Å². The number of hydrogen-bond donors (Lipinski definition) is 0. The third kappa shape index (κ3) is 5.83. The van der Waals surface area contributed by atoms with Gasteiger partial charge in [0.25, 0.3) is 0 Å². The van der Waals surface area contributed by atoms with Gasteiger partial charge in [-0.05, 0) is 63.4 Å². The van der Waals surface area contributed by atoms with Crippen molar-refractivity contribution in [3.05, 3.63) is 35.4 Å². The summed E-state index contributed by atoms with van der Waals surface area (Å²) in [6, 6.07) is 8.86. The molecule has 0 bridgehead atoms. The number of carbonyl (C=O) groups excluding carboxylic acids is 1. The molecule has 1 heterocycles. The Morgan fingerprint density at radius 2 is 1.82 bits per heavy atom. The van der Waals surface area contributed by atoms with E-state index in [0.717, 1.165) is 6.42 Å². The van der Waals surface area contributed by atoms with Crippen LogP contribution in [-0.4, -0.2) is 37.5 Å². The first-order valence-corrected chi connectivity index (χ1v) is 13.3. The fourth-order valence-electron chi connectivity index (χ4n) is 3.26. The van der Waals surface area contributed by atoms with E-state index in [9.17, 15) is 4.79 Å². The standard InChI is InChI=1S/C23H39NO3Si/c1-17-13-20(15-24(17)21(25)27-22(2,3)4)19-12-10-11-18(14-19)16-26-28(8,9)23(5,6)7/h10-12,14,17,20H,13,15-16H2,1-9H3/t17?,20-/m1/s1. The molecule has 1 unspecified atom stereocenters. The molecule has 1 aliphatic rings. The van der Waals surface area contributed by atoms with Crippen LogP contribution in [0.5, 0.6) is 0 Å². The Bertz CT molecular complexity index is 688. The predicted molar refractivity (Wildman–Crippen MR) is 118 cm³/mol. The second-order valence-corrected chi connectivity index (χ2v) is 15.5. The normalized spacial score (nSPS) is 21.1. The van der Waals surface area contributed by atoms with Crippen LogP contribution in [0.3, 0.4) is 0 Å². The van der Waals surface area contributed by atoms with E-state index in [-0.39, 0.29) is 17.2 Å². The maximum Gasteiger partial charge on any atom is 0.410 e. The van der Waals surface area contributed by atoms with Gasteiger partial charge >= 0.3 is 6.09 Å². The highest BCUT2D eigenvalue weighted by atomic mass is 28.4. The quantitative estimate of drug-likeness (QED) is 0.550. The highest BCUT2D eigenvalue weighted by Crippen LogP contribution is 2.37. The molecule has 158 valence electrons. The fourth-order valence-corrected chi connectivity index (χ4v) is 4.23. The summed E-state index contributed by atoms with van der Waals surface area (Å²) >= 11 is 0. The van der Waals surface area contributed by atoms with Crippen LogP contribution in [0.25, 0.3) is 0 Å². The van der Waals surface area contributed by atoms with E-state index in [1.165, 1.54) is 11.1 Å². The fraction of sp³-hybridized carbons (Fsp3) is 0.696. The molecule has 1 amide bonds. The predicted octanol–water partition coefficient (Wildman–Crippen LogP) is 6.32. The van der Waals surface area contributed by atoms with Crippen molar-refractivity contribution in [1.29, 1.82) is 0 Å². The number of amides is 1. The highest BCUT2D eigenvalue weighted by Gasteiger charge is 2.38. The zero-order valence-electron chi connectivity index (χ0n) is 19.3. The minimum absolute atomic E-state index is 0.187. The minimum atomic E-state index is -1.77. The summed E-state index contributed by atoms with van der Waals surface area (Å²) in [7, 11) is -1.77. The summed E-state index contributed by atoms with van der Waals surface area (Å²) in [6.07, 6.45) is 0.756. The zero-order chi connectivity index (χ0) is 21.3. The van der Waals surface area contributed by atoms with Crippen LogP contribution in [0.4, 0.5) is 4.79 Å². The second kappa shape index (κ2) is 8.19. The lowest BCUT2D eigenvalue weighted by molar-refractivity contribution is 0.0237. The van der Waals surface area contributed by atoms with Crippen LogP contribution in [0.2, 0.25) is 18.1 Å². The first kappa shape index (κ1) is 23.0. The number of nitrogens with zero attached hydrogens (tertiary/aromatic N) is 1. The van der Waals surface area contributed by atoms with Gasteiger partial charge in [-0.1, -0.05) is 45.0 Å².